The van der Waals surface area contributed by atoms with E-state index in [0.29, 0.717) is 30.9 Å². The molecule has 5 aliphatic rings. The van der Waals surface area contributed by atoms with E-state index in [9.17, 15) is 13.5 Å². The monoisotopic (exact) mass is 554 g/mol. The predicted molar refractivity (Wildman–Crippen MR) is 148 cm³/mol. The maximum absolute atomic E-state index is 15.3. The number of hydrazone groups is 1. The van der Waals surface area contributed by atoms with Crippen molar-refractivity contribution in [2.45, 2.75) is 88.1 Å². The van der Waals surface area contributed by atoms with Crippen LogP contribution in [0.5, 0.6) is 0 Å². The number of allylic oxidation sites excluding steroid dienone is 4. The number of alkyl halides is 2. The Morgan fingerprint density at radius 2 is 1.79 bits per heavy atom. The van der Waals surface area contributed by atoms with Gasteiger partial charge in [0.2, 0.25) is 10.0 Å². The highest BCUT2D eigenvalue weighted by Gasteiger charge is 2.71. The minimum atomic E-state index is -3.61. The van der Waals surface area contributed by atoms with Crippen LogP contribution < -0.4 is 4.83 Å². The lowest BCUT2D eigenvalue weighted by atomic mass is 9.50. The Kier molecular flexibility index (Phi) is 6.17. The van der Waals surface area contributed by atoms with E-state index >= 15 is 8.78 Å². The van der Waals surface area contributed by atoms with Crippen LogP contribution in [0.25, 0.3) is 0 Å². The van der Waals surface area contributed by atoms with Gasteiger partial charge in [-0.25, -0.2) is 13.2 Å². The summed E-state index contributed by atoms with van der Waals surface area (Å²) in [4.78, 5) is 2.25. The van der Waals surface area contributed by atoms with Crippen molar-refractivity contribution in [3.05, 3.63) is 58.2 Å². The molecule has 8 heteroatoms. The van der Waals surface area contributed by atoms with Crippen molar-refractivity contribution in [2.75, 3.05) is 6.26 Å². The summed E-state index contributed by atoms with van der Waals surface area (Å²) < 4.78 is 53.6. The van der Waals surface area contributed by atoms with E-state index in [4.69, 9.17) is 6.42 Å². The number of halogens is 2. The Morgan fingerprint density at radius 3 is 2.44 bits per heavy atom. The summed E-state index contributed by atoms with van der Waals surface area (Å²) in [7, 11) is -3.44. The van der Waals surface area contributed by atoms with Gasteiger partial charge < -0.3 is 5.11 Å². The molecule has 3 fully saturated rings. The number of terminal acetylenes is 1. The first kappa shape index (κ1) is 26.7. The van der Waals surface area contributed by atoms with Gasteiger partial charge in [-0.1, -0.05) is 36.8 Å². The summed E-state index contributed by atoms with van der Waals surface area (Å²) in [6.45, 7) is 1.84. The topological polar surface area (TPSA) is 78.8 Å². The summed E-state index contributed by atoms with van der Waals surface area (Å²) >= 11 is 0. The second-order valence-corrected chi connectivity index (χ2v) is 14.3. The van der Waals surface area contributed by atoms with E-state index in [1.54, 1.807) is 5.92 Å². The third-order valence-corrected chi connectivity index (χ3v) is 10.8. The fourth-order valence-electron chi connectivity index (χ4n) is 8.26. The van der Waals surface area contributed by atoms with Crippen LogP contribution in [0.3, 0.4) is 0 Å². The van der Waals surface area contributed by atoms with Crippen LogP contribution in [-0.2, 0) is 10.0 Å². The minimum Gasteiger partial charge on any atom is -0.382 e. The Bertz CT molecular complexity index is 1430. The van der Waals surface area contributed by atoms with Gasteiger partial charge in [0.05, 0.1) is 12.0 Å². The van der Waals surface area contributed by atoms with Crippen LogP contribution in [0.4, 0.5) is 8.78 Å². The van der Waals surface area contributed by atoms with E-state index < -0.39 is 27.0 Å². The fraction of sp³-hybridized carbons (Fsp3) is 0.581. The van der Waals surface area contributed by atoms with Crippen molar-refractivity contribution in [3.63, 3.8) is 0 Å². The second-order valence-electron chi connectivity index (χ2n) is 12.6. The average molecular weight is 555 g/mol. The largest absolute Gasteiger partial charge is 0.382 e. The zero-order valence-electron chi connectivity index (χ0n) is 22.5. The lowest BCUT2D eigenvalue weighted by Gasteiger charge is -2.55. The number of hydrogen-bond donors (Lipinski definition) is 2. The lowest BCUT2D eigenvalue weighted by Crippen LogP contribution is -2.60. The standard InChI is InChI=1S/C31H36F2N2O3S/c1-4-31(32,33)30(36)16-15-27-25-13-11-22-17-23(34-35-39(3,37)38)12-14-24(22)28(25)26(18-29(27,30)2)21-9-7-20(8-10-21)19-5-6-19/h1,7-10,17,19,25-27,35-36H,5-6,11-16,18H2,2-3H3/b34-23+/t25-,26-,27-,29-,30-/m0/s1. The molecule has 5 atom stereocenters. The molecule has 6 rings (SSSR count). The number of nitrogens with one attached hydrogen (secondary N) is 1. The number of aliphatic hydroxyl groups is 1. The predicted octanol–water partition coefficient (Wildman–Crippen LogP) is 5.80. The van der Waals surface area contributed by atoms with Gasteiger partial charge in [-0.15, -0.1) is 6.42 Å². The molecule has 0 spiro atoms. The maximum atomic E-state index is 15.3. The Morgan fingerprint density at radius 1 is 1.10 bits per heavy atom. The van der Waals surface area contributed by atoms with Crippen molar-refractivity contribution in [1.82, 2.24) is 4.83 Å². The molecule has 0 unspecified atom stereocenters. The van der Waals surface area contributed by atoms with Gasteiger partial charge in [0.25, 0.3) is 0 Å². The molecule has 1 aromatic carbocycles. The summed E-state index contributed by atoms with van der Waals surface area (Å²) in [6.07, 6.45) is 14.6. The summed E-state index contributed by atoms with van der Waals surface area (Å²) in [6, 6.07) is 8.68. The molecule has 2 N–H and O–H groups in total. The highest BCUT2D eigenvalue weighted by molar-refractivity contribution is 7.88. The molecular formula is C31H36F2N2O3S. The molecule has 0 bridgehead atoms. The molecule has 0 aliphatic heterocycles. The highest BCUT2D eigenvalue weighted by Crippen LogP contribution is 2.69. The van der Waals surface area contributed by atoms with Crippen LogP contribution >= 0.6 is 0 Å². The molecule has 39 heavy (non-hydrogen) atoms. The third kappa shape index (κ3) is 4.28. The third-order valence-electron chi connectivity index (χ3n) is 10.3. The molecule has 0 aromatic heterocycles. The van der Waals surface area contributed by atoms with Gasteiger partial charge in [-0.05, 0) is 110 Å². The Hall–Kier alpha value is -2.50. The molecule has 0 saturated heterocycles. The zero-order chi connectivity index (χ0) is 27.8. The van der Waals surface area contributed by atoms with Crippen LogP contribution in [0.1, 0.15) is 87.7 Å². The molecule has 0 radical (unpaired) electrons. The molecule has 208 valence electrons. The van der Waals surface area contributed by atoms with E-state index in [2.05, 4.69) is 34.2 Å². The minimum absolute atomic E-state index is 0.00547. The maximum Gasteiger partial charge on any atom is 0.336 e. The second kappa shape index (κ2) is 9.01. The average Bonchev–Trinajstić information content (AvgIpc) is 3.71. The van der Waals surface area contributed by atoms with Gasteiger partial charge in [0, 0.05) is 11.3 Å². The molecule has 1 aromatic rings. The number of benzene rings is 1. The van der Waals surface area contributed by atoms with Gasteiger partial charge in [0.15, 0.2) is 0 Å². The number of hydrogen-bond acceptors (Lipinski definition) is 4. The quantitative estimate of drug-likeness (QED) is 0.357. The first-order chi connectivity index (χ1) is 18.4. The Labute approximate surface area is 229 Å². The number of sulfonamides is 1. The van der Waals surface area contributed by atoms with Crippen molar-refractivity contribution in [3.8, 4) is 12.3 Å². The molecule has 5 nitrogen and oxygen atoms in total. The van der Waals surface area contributed by atoms with E-state index in [-0.39, 0.29) is 24.2 Å². The zero-order valence-corrected chi connectivity index (χ0v) is 23.3. The first-order valence-electron chi connectivity index (χ1n) is 14.0. The molecule has 3 saturated carbocycles. The van der Waals surface area contributed by atoms with Crippen molar-refractivity contribution >= 4 is 15.7 Å². The van der Waals surface area contributed by atoms with E-state index in [1.165, 1.54) is 29.6 Å². The molecule has 0 heterocycles. The lowest BCUT2D eigenvalue weighted by molar-refractivity contribution is -0.209. The molecule has 5 aliphatic carbocycles. The van der Waals surface area contributed by atoms with Gasteiger partial charge in [-0.3, -0.25) is 0 Å². The Balaban J connectivity index is 1.46. The number of fused-ring (bicyclic) bond motifs is 4. The number of nitrogens with zero attached hydrogens (tertiary/aromatic N) is 1. The van der Waals surface area contributed by atoms with Crippen molar-refractivity contribution < 1.29 is 22.3 Å². The van der Waals surface area contributed by atoms with Crippen LogP contribution in [0.2, 0.25) is 0 Å². The van der Waals surface area contributed by atoms with Crippen molar-refractivity contribution in [1.29, 1.82) is 0 Å². The number of rotatable bonds is 5. The SMILES string of the molecule is C#CC(F)(F)[C@]1(O)CC[C@H]2[C@@H]3CCC4=C/C(=N/NS(C)(=O)=O)CCC4=C3[C@H](c3ccc(C4CC4)cc3)C[C@@]21C. The van der Waals surface area contributed by atoms with Crippen LogP contribution in [0, 0.1) is 29.6 Å². The van der Waals surface area contributed by atoms with Gasteiger partial charge >= 0.3 is 5.92 Å². The smallest absolute Gasteiger partial charge is 0.336 e. The first-order valence-corrected chi connectivity index (χ1v) is 15.9. The highest BCUT2D eigenvalue weighted by atomic mass is 32.2. The molecule has 0 amide bonds. The van der Waals surface area contributed by atoms with Crippen LogP contribution in [-0.4, -0.2) is 37.0 Å². The van der Waals surface area contributed by atoms with E-state index in [1.807, 2.05) is 13.0 Å². The van der Waals surface area contributed by atoms with E-state index in [0.717, 1.165) is 36.7 Å². The normalized spacial score (nSPS) is 35.5. The summed E-state index contributed by atoms with van der Waals surface area (Å²) in [5.41, 5.74) is 3.59. The van der Waals surface area contributed by atoms with Crippen LogP contribution in [0.15, 0.2) is 52.2 Å². The van der Waals surface area contributed by atoms with Gasteiger partial charge in [0.1, 0.15) is 5.60 Å². The molecular weight excluding hydrogens is 518 g/mol. The fourth-order valence-corrected chi connectivity index (χ4v) is 8.54. The van der Waals surface area contributed by atoms with Crippen molar-refractivity contribution in [2.24, 2.45) is 22.4 Å². The van der Waals surface area contributed by atoms with Gasteiger partial charge in [-0.2, -0.15) is 13.9 Å². The summed E-state index contributed by atoms with van der Waals surface area (Å²) in [5.74, 6) is -1.45. The summed E-state index contributed by atoms with van der Waals surface area (Å²) in [5, 5.41) is 15.8.